The SMILES string of the molecule is COc1cnc(C)cc1N(C)C1CCCC1CN. The average molecular weight is 249 g/mol. The minimum absolute atomic E-state index is 0.519. The summed E-state index contributed by atoms with van der Waals surface area (Å²) >= 11 is 0. The smallest absolute Gasteiger partial charge is 0.160 e. The molecule has 2 rings (SSSR count). The molecule has 1 aromatic rings. The van der Waals surface area contributed by atoms with Gasteiger partial charge in [0.05, 0.1) is 19.0 Å². The summed E-state index contributed by atoms with van der Waals surface area (Å²) in [5.41, 5.74) is 8.00. The van der Waals surface area contributed by atoms with Gasteiger partial charge in [0.1, 0.15) is 0 Å². The molecule has 2 atom stereocenters. The number of nitrogens with two attached hydrogens (primary N) is 1. The molecule has 2 unspecified atom stereocenters. The number of ether oxygens (including phenoxy) is 1. The van der Waals surface area contributed by atoms with Crippen molar-refractivity contribution in [3.8, 4) is 5.75 Å². The zero-order valence-electron chi connectivity index (χ0n) is 11.5. The lowest BCUT2D eigenvalue weighted by atomic mass is 10.0. The molecular formula is C14H23N3O. The van der Waals surface area contributed by atoms with Crippen LogP contribution >= 0.6 is 0 Å². The Balaban J connectivity index is 2.27. The molecular weight excluding hydrogens is 226 g/mol. The van der Waals surface area contributed by atoms with Crippen LogP contribution in [0.5, 0.6) is 5.75 Å². The molecule has 100 valence electrons. The Hall–Kier alpha value is -1.29. The molecule has 4 heteroatoms. The van der Waals surface area contributed by atoms with Crippen LogP contribution in [-0.2, 0) is 0 Å². The molecule has 1 saturated carbocycles. The van der Waals surface area contributed by atoms with Gasteiger partial charge in [0.2, 0.25) is 0 Å². The van der Waals surface area contributed by atoms with Crippen molar-refractivity contribution in [2.75, 3.05) is 25.6 Å². The minimum Gasteiger partial charge on any atom is -0.493 e. The first-order chi connectivity index (χ1) is 8.67. The van der Waals surface area contributed by atoms with E-state index < -0.39 is 0 Å². The van der Waals surface area contributed by atoms with E-state index in [9.17, 15) is 0 Å². The summed E-state index contributed by atoms with van der Waals surface area (Å²) < 4.78 is 5.41. The van der Waals surface area contributed by atoms with Crippen molar-refractivity contribution in [1.82, 2.24) is 4.98 Å². The highest BCUT2D eigenvalue weighted by atomic mass is 16.5. The van der Waals surface area contributed by atoms with Gasteiger partial charge >= 0.3 is 0 Å². The van der Waals surface area contributed by atoms with Gasteiger partial charge in [-0.15, -0.1) is 0 Å². The summed E-state index contributed by atoms with van der Waals surface area (Å²) in [6.45, 7) is 2.77. The number of anilines is 1. The molecule has 0 bridgehead atoms. The van der Waals surface area contributed by atoms with Crippen LogP contribution in [0, 0.1) is 12.8 Å². The standard InChI is InChI=1S/C14H23N3O/c1-10-7-13(14(18-3)9-16-10)17(2)12-6-4-5-11(12)8-15/h7,9,11-12H,4-6,8,15H2,1-3H3. The van der Waals surface area contributed by atoms with Crippen LogP contribution in [0.3, 0.4) is 0 Å². The lowest BCUT2D eigenvalue weighted by Crippen LogP contribution is -2.38. The topological polar surface area (TPSA) is 51.4 Å². The third-order valence-corrected chi connectivity index (χ3v) is 4.00. The van der Waals surface area contributed by atoms with Gasteiger partial charge in [-0.3, -0.25) is 4.98 Å². The van der Waals surface area contributed by atoms with Crippen LogP contribution in [0.25, 0.3) is 0 Å². The van der Waals surface area contributed by atoms with Crippen LogP contribution in [0.1, 0.15) is 25.0 Å². The van der Waals surface area contributed by atoms with E-state index in [1.165, 1.54) is 19.3 Å². The maximum atomic E-state index is 5.87. The molecule has 1 aliphatic carbocycles. The number of nitrogens with zero attached hydrogens (tertiary/aromatic N) is 2. The maximum absolute atomic E-state index is 5.87. The van der Waals surface area contributed by atoms with Crippen LogP contribution in [0.15, 0.2) is 12.3 Å². The van der Waals surface area contributed by atoms with Crippen LogP contribution in [0.4, 0.5) is 5.69 Å². The molecule has 0 aromatic carbocycles. The first-order valence-electron chi connectivity index (χ1n) is 6.61. The third kappa shape index (κ3) is 2.43. The predicted octanol–water partition coefficient (Wildman–Crippen LogP) is 1.96. The first kappa shape index (κ1) is 13.1. The molecule has 18 heavy (non-hydrogen) atoms. The Morgan fingerprint density at radius 3 is 2.94 bits per heavy atom. The largest absolute Gasteiger partial charge is 0.493 e. The molecule has 2 N–H and O–H groups in total. The van der Waals surface area contributed by atoms with E-state index in [1.54, 1.807) is 13.3 Å². The fourth-order valence-corrected chi connectivity index (χ4v) is 2.95. The second-order valence-corrected chi connectivity index (χ2v) is 5.10. The molecule has 0 saturated heterocycles. The summed E-state index contributed by atoms with van der Waals surface area (Å²) in [6.07, 6.45) is 5.51. The Morgan fingerprint density at radius 1 is 1.50 bits per heavy atom. The second kappa shape index (κ2) is 5.57. The highest BCUT2D eigenvalue weighted by molar-refractivity contribution is 5.58. The third-order valence-electron chi connectivity index (χ3n) is 4.00. The number of methoxy groups -OCH3 is 1. The molecule has 1 aromatic heterocycles. The molecule has 1 heterocycles. The van der Waals surface area contributed by atoms with E-state index in [4.69, 9.17) is 10.5 Å². The molecule has 1 fully saturated rings. The van der Waals surface area contributed by atoms with E-state index in [0.717, 1.165) is 23.7 Å². The summed E-state index contributed by atoms with van der Waals surface area (Å²) in [5.74, 6) is 1.43. The number of aromatic nitrogens is 1. The Kier molecular flexibility index (Phi) is 4.07. The van der Waals surface area contributed by atoms with Gasteiger partial charge in [-0.05, 0) is 38.3 Å². The zero-order valence-corrected chi connectivity index (χ0v) is 11.5. The van der Waals surface area contributed by atoms with Gasteiger partial charge in [-0.1, -0.05) is 6.42 Å². The minimum atomic E-state index is 0.519. The van der Waals surface area contributed by atoms with Gasteiger partial charge in [0, 0.05) is 18.8 Å². The fourth-order valence-electron chi connectivity index (χ4n) is 2.95. The van der Waals surface area contributed by atoms with Gasteiger partial charge in [-0.2, -0.15) is 0 Å². The van der Waals surface area contributed by atoms with Crippen molar-refractivity contribution < 1.29 is 4.74 Å². The fraction of sp³-hybridized carbons (Fsp3) is 0.643. The number of pyridine rings is 1. The Bertz CT molecular complexity index is 408. The maximum Gasteiger partial charge on any atom is 0.160 e. The van der Waals surface area contributed by atoms with Gasteiger partial charge < -0.3 is 15.4 Å². The van der Waals surface area contributed by atoms with Crippen LogP contribution in [0.2, 0.25) is 0 Å². The molecule has 0 spiro atoms. The molecule has 0 amide bonds. The van der Waals surface area contributed by atoms with Crippen LogP contribution in [-0.4, -0.2) is 31.7 Å². The van der Waals surface area contributed by atoms with Crippen molar-refractivity contribution in [2.45, 2.75) is 32.2 Å². The van der Waals surface area contributed by atoms with Crippen molar-refractivity contribution in [3.63, 3.8) is 0 Å². The normalized spacial score (nSPS) is 23.1. The summed E-state index contributed by atoms with van der Waals surface area (Å²) in [6, 6.07) is 2.61. The Morgan fingerprint density at radius 2 is 2.28 bits per heavy atom. The first-order valence-corrected chi connectivity index (χ1v) is 6.61. The Labute approximate surface area is 109 Å². The summed E-state index contributed by atoms with van der Waals surface area (Å²) in [7, 11) is 3.83. The van der Waals surface area contributed by atoms with E-state index in [-0.39, 0.29) is 0 Å². The van der Waals surface area contributed by atoms with Crippen molar-refractivity contribution in [2.24, 2.45) is 11.7 Å². The number of aryl methyl sites for hydroxylation is 1. The number of rotatable bonds is 4. The van der Waals surface area contributed by atoms with Gasteiger partial charge in [-0.25, -0.2) is 0 Å². The van der Waals surface area contributed by atoms with E-state index in [2.05, 4.69) is 23.0 Å². The predicted molar refractivity (Wildman–Crippen MR) is 74.1 cm³/mol. The van der Waals surface area contributed by atoms with E-state index in [1.807, 2.05) is 6.92 Å². The molecule has 0 radical (unpaired) electrons. The summed E-state index contributed by atoms with van der Waals surface area (Å²) in [4.78, 5) is 6.60. The highest BCUT2D eigenvalue weighted by Gasteiger charge is 2.30. The molecule has 1 aliphatic rings. The number of hydrogen-bond donors (Lipinski definition) is 1. The monoisotopic (exact) mass is 249 g/mol. The second-order valence-electron chi connectivity index (χ2n) is 5.10. The van der Waals surface area contributed by atoms with Crippen molar-refractivity contribution in [3.05, 3.63) is 18.0 Å². The van der Waals surface area contributed by atoms with Gasteiger partial charge in [0.25, 0.3) is 0 Å². The molecule has 0 aliphatic heterocycles. The zero-order chi connectivity index (χ0) is 13.1. The van der Waals surface area contributed by atoms with Crippen molar-refractivity contribution in [1.29, 1.82) is 0 Å². The lowest BCUT2D eigenvalue weighted by molar-refractivity contribution is 0.407. The number of hydrogen-bond acceptors (Lipinski definition) is 4. The summed E-state index contributed by atoms with van der Waals surface area (Å²) in [5, 5.41) is 0. The van der Waals surface area contributed by atoms with Gasteiger partial charge in [0.15, 0.2) is 5.75 Å². The molecule has 4 nitrogen and oxygen atoms in total. The average Bonchev–Trinajstić information content (AvgIpc) is 2.86. The quantitative estimate of drug-likeness (QED) is 0.886. The van der Waals surface area contributed by atoms with E-state index in [0.29, 0.717) is 12.0 Å². The highest BCUT2D eigenvalue weighted by Crippen LogP contribution is 2.35. The van der Waals surface area contributed by atoms with Crippen molar-refractivity contribution >= 4 is 5.69 Å². The van der Waals surface area contributed by atoms with Crippen LogP contribution < -0.4 is 15.4 Å². The lowest BCUT2D eigenvalue weighted by Gasteiger charge is -2.32. The van der Waals surface area contributed by atoms with E-state index >= 15 is 0 Å².